The summed E-state index contributed by atoms with van der Waals surface area (Å²) in [5, 5.41) is 25.0. The Morgan fingerprint density at radius 3 is 1.73 bits per heavy atom. The van der Waals surface area contributed by atoms with E-state index in [1.54, 1.807) is 18.5 Å². The van der Waals surface area contributed by atoms with Crippen LogP contribution in [-0.2, 0) is 50.8 Å². The number of benzene rings is 2. The molecule has 2 aromatic carbocycles. The molecule has 10 unspecified atom stereocenters. The van der Waals surface area contributed by atoms with Crippen molar-refractivity contribution in [1.82, 2.24) is 4.98 Å². The van der Waals surface area contributed by atoms with Gasteiger partial charge in [0.15, 0.2) is 23.4 Å². The molecule has 10 atom stereocenters. The summed E-state index contributed by atoms with van der Waals surface area (Å²) in [6.07, 6.45) is 10.3. The fourth-order valence-electron chi connectivity index (χ4n) is 13.2. The predicted octanol–water partition coefficient (Wildman–Crippen LogP) is 4.20. The second-order valence-electron chi connectivity index (χ2n) is 18.3. The van der Waals surface area contributed by atoms with Crippen LogP contribution >= 0.6 is 0 Å². The van der Waals surface area contributed by atoms with Crippen LogP contribution in [0.25, 0.3) is 11.6 Å². The van der Waals surface area contributed by atoms with E-state index in [1.165, 1.54) is 0 Å². The molecular weight excluding hydrogens is 780 g/mol. The van der Waals surface area contributed by atoms with Gasteiger partial charge in [-0.05, 0) is 17.7 Å². The van der Waals surface area contributed by atoms with E-state index in [0.29, 0.717) is 169 Å². The van der Waals surface area contributed by atoms with E-state index in [2.05, 4.69) is 6.08 Å². The van der Waals surface area contributed by atoms with Gasteiger partial charge in [0.1, 0.15) is 51.4 Å². The zero-order valence-electron chi connectivity index (χ0n) is 31.8. The molecule has 0 saturated carbocycles. The number of nitrogens with zero attached hydrogens (tertiary/aromatic N) is 2. The summed E-state index contributed by atoms with van der Waals surface area (Å²) in [6.45, 7) is 2.82. The Bertz CT molecular complexity index is 2790. The number of aliphatic hydroxyl groups excluding tert-OH is 2. The molecule has 0 radical (unpaired) electrons. The van der Waals surface area contributed by atoms with Gasteiger partial charge in [0.25, 0.3) is 5.72 Å². The SMILES string of the molecule is OC1c2c3c(c4c(c2OC12CCO2)C1(CCO1)C1(CCO1)O4)C1=CC=NC24Oc5c6c(c7c(c5C12C=Cc1c(ccnc14)O3)OC1(CCO1)C71CCO1)OC1(CCO1)C6O. The van der Waals surface area contributed by atoms with Crippen molar-refractivity contribution in [1.29, 1.82) is 0 Å². The molecule has 1 aromatic heterocycles. The number of allylic oxidation sites excluding steroid dienone is 1. The Morgan fingerprint density at radius 2 is 1.17 bits per heavy atom. The van der Waals surface area contributed by atoms with Crippen LogP contribution < -0.4 is 28.4 Å². The van der Waals surface area contributed by atoms with Gasteiger partial charge in [0.2, 0.25) is 23.1 Å². The van der Waals surface area contributed by atoms with Crippen LogP contribution in [-0.4, -0.2) is 84.2 Å². The number of hydrogen-bond donors (Lipinski definition) is 2. The van der Waals surface area contributed by atoms with Crippen molar-refractivity contribution < 1.29 is 67.1 Å². The predicted molar refractivity (Wildman–Crippen MR) is 197 cm³/mol. The van der Waals surface area contributed by atoms with E-state index in [4.69, 9.17) is 66.8 Å². The first kappa shape index (κ1) is 32.0. The molecule has 18 rings (SSSR count). The summed E-state index contributed by atoms with van der Waals surface area (Å²) < 4.78 is 81.0. The van der Waals surface area contributed by atoms with E-state index in [1.807, 2.05) is 12.2 Å². The summed E-state index contributed by atoms with van der Waals surface area (Å²) in [5.41, 5.74) is 0.107. The Hall–Kier alpha value is -4.78. The number of aliphatic hydroxyl groups is 2. The van der Waals surface area contributed by atoms with Crippen molar-refractivity contribution in [2.24, 2.45) is 4.99 Å². The Labute approximate surface area is 339 Å². The fraction of sp³-hybridized carbons (Fsp3) is 0.500. The highest BCUT2D eigenvalue weighted by Crippen LogP contribution is 2.79. The lowest BCUT2D eigenvalue weighted by Crippen LogP contribution is -2.65. The number of dihydropyridines is 1. The van der Waals surface area contributed by atoms with Crippen molar-refractivity contribution >= 4 is 17.9 Å². The van der Waals surface area contributed by atoms with Crippen LogP contribution in [0.5, 0.6) is 40.2 Å². The standard InChI is InChI=1S/C44H34N2O14/c47-35-23-28-22(29-26(31(23)56-40(35)7-15-51-40)38(5-13-49-38)42(58-29)9-17-53-42)20-2-12-46-44-34-19(21(55-28)3-11-45-34)1-4-37(20,44)25-30(60-44)24-32(57-41(36(24)48)8-16-52-41)27-33(25)59-43(10-18-54-43)39(27)6-14-50-39/h1-4,11-12,35-36,47-48H,5-10,13-18H2. The van der Waals surface area contributed by atoms with Crippen molar-refractivity contribution in [2.75, 3.05) is 39.6 Å². The highest BCUT2D eigenvalue weighted by molar-refractivity contribution is 6.02. The monoisotopic (exact) mass is 814 g/mol. The zero-order valence-corrected chi connectivity index (χ0v) is 31.8. The van der Waals surface area contributed by atoms with Gasteiger partial charge in [-0.25, -0.2) is 4.99 Å². The molecule has 6 fully saturated rings. The quantitative estimate of drug-likeness (QED) is 0.330. The highest BCUT2D eigenvalue weighted by Gasteiger charge is 2.79. The van der Waals surface area contributed by atoms with Gasteiger partial charge in [0, 0.05) is 56.5 Å². The summed E-state index contributed by atoms with van der Waals surface area (Å²) in [5.74, 6) is -1.98. The molecule has 1 aliphatic carbocycles. The van der Waals surface area contributed by atoms with Crippen LogP contribution in [0, 0.1) is 0 Å². The van der Waals surface area contributed by atoms with Crippen molar-refractivity contribution in [3.8, 4) is 40.2 Å². The molecule has 14 aliphatic heterocycles. The molecule has 2 N–H and O–H groups in total. The lowest BCUT2D eigenvalue weighted by Gasteiger charge is -2.53. The molecule has 16 nitrogen and oxygen atoms in total. The first-order chi connectivity index (χ1) is 29.3. The molecule has 60 heavy (non-hydrogen) atoms. The van der Waals surface area contributed by atoms with Gasteiger partial charge >= 0.3 is 0 Å². The minimum atomic E-state index is -1.61. The molecule has 15 aliphatic rings. The average molecular weight is 815 g/mol. The van der Waals surface area contributed by atoms with Gasteiger partial charge in [0.05, 0.1) is 73.0 Å². The van der Waals surface area contributed by atoms with E-state index >= 15 is 0 Å². The Kier molecular flexibility index (Phi) is 4.91. The van der Waals surface area contributed by atoms with E-state index in [9.17, 15) is 10.2 Å². The lowest BCUT2D eigenvalue weighted by molar-refractivity contribution is -0.378. The molecule has 0 amide bonds. The second-order valence-corrected chi connectivity index (χ2v) is 18.3. The molecule has 3 aromatic rings. The molecule has 15 heterocycles. The molecular formula is C44H34N2O14. The molecule has 6 bridgehead atoms. The number of aromatic nitrogens is 1. The smallest absolute Gasteiger partial charge is 0.261 e. The van der Waals surface area contributed by atoms with Crippen LogP contribution in [0.3, 0.4) is 0 Å². The van der Waals surface area contributed by atoms with Crippen LogP contribution in [0.2, 0.25) is 0 Å². The number of hydrogen-bond acceptors (Lipinski definition) is 16. The number of ether oxygens (including phenoxy) is 12. The first-order valence-corrected chi connectivity index (χ1v) is 21.1. The Balaban J connectivity index is 1.03. The van der Waals surface area contributed by atoms with Crippen molar-refractivity contribution in [3.63, 3.8) is 0 Å². The maximum atomic E-state index is 12.5. The normalized spacial score (nSPS) is 44.9. The number of fused-ring (bicyclic) bond motifs is 13. The summed E-state index contributed by atoms with van der Waals surface area (Å²) >= 11 is 0. The zero-order chi connectivity index (χ0) is 39.0. The molecule has 304 valence electrons. The lowest BCUT2D eigenvalue weighted by atomic mass is 9.60. The van der Waals surface area contributed by atoms with Crippen molar-refractivity contribution in [2.45, 2.75) is 96.2 Å². The number of pyridine rings is 1. The van der Waals surface area contributed by atoms with Gasteiger partial charge < -0.3 is 67.1 Å². The maximum absolute atomic E-state index is 12.5. The minimum absolute atomic E-state index is 0.336. The maximum Gasteiger partial charge on any atom is 0.261 e. The van der Waals surface area contributed by atoms with E-state index in [0.717, 1.165) is 0 Å². The van der Waals surface area contributed by atoms with Crippen molar-refractivity contribution in [3.05, 3.63) is 69.1 Å². The second kappa shape index (κ2) is 9.20. The van der Waals surface area contributed by atoms with E-state index < -0.39 is 57.7 Å². The highest BCUT2D eigenvalue weighted by atomic mass is 16.8. The van der Waals surface area contributed by atoms with E-state index in [-0.39, 0.29) is 0 Å². The summed E-state index contributed by atoms with van der Waals surface area (Å²) in [6, 6.07) is 1.79. The fourth-order valence-corrected chi connectivity index (χ4v) is 13.2. The average Bonchev–Trinajstić information content (AvgIpc) is 3.92. The molecule has 7 spiro atoms. The molecule has 16 heteroatoms. The minimum Gasteiger partial charge on any atom is -0.458 e. The summed E-state index contributed by atoms with van der Waals surface area (Å²) in [4.78, 5) is 10.4. The van der Waals surface area contributed by atoms with Crippen LogP contribution in [0.4, 0.5) is 0 Å². The third-order valence-corrected chi connectivity index (χ3v) is 16.4. The molecule has 6 saturated heterocycles. The largest absolute Gasteiger partial charge is 0.458 e. The third-order valence-electron chi connectivity index (χ3n) is 16.4. The third kappa shape index (κ3) is 2.79. The number of rotatable bonds is 0. The van der Waals surface area contributed by atoms with Gasteiger partial charge in [-0.2, -0.15) is 0 Å². The first-order valence-electron chi connectivity index (χ1n) is 21.1. The van der Waals surface area contributed by atoms with Gasteiger partial charge in [-0.15, -0.1) is 0 Å². The topological polar surface area (TPSA) is 176 Å². The summed E-state index contributed by atoms with van der Waals surface area (Å²) in [7, 11) is 0. The van der Waals surface area contributed by atoms with Crippen LogP contribution in [0.1, 0.15) is 95.4 Å². The van der Waals surface area contributed by atoms with Gasteiger partial charge in [-0.1, -0.05) is 12.2 Å². The van der Waals surface area contributed by atoms with Gasteiger partial charge in [-0.3, -0.25) is 4.98 Å². The number of aliphatic imine (C=N–C) groups is 1. The Morgan fingerprint density at radius 1 is 0.600 bits per heavy atom. The van der Waals surface area contributed by atoms with Crippen LogP contribution in [0.15, 0.2) is 29.4 Å².